The first kappa shape index (κ1) is 13.2. The lowest BCUT2D eigenvalue weighted by molar-refractivity contribution is 0.573. The van der Waals surface area contributed by atoms with E-state index in [0.29, 0.717) is 6.54 Å². The summed E-state index contributed by atoms with van der Waals surface area (Å²) >= 11 is 0. The SMILES string of the molecule is CNc1nc(N(C)Cc2cccnc2)c(F)cc1F. The van der Waals surface area contributed by atoms with Gasteiger partial charge in [-0.3, -0.25) is 4.98 Å². The van der Waals surface area contributed by atoms with Crippen LogP contribution in [0, 0.1) is 11.6 Å². The van der Waals surface area contributed by atoms with E-state index in [1.807, 2.05) is 6.07 Å². The molecule has 0 aliphatic rings. The molecule has 0 aliphatic heterocycles. The summed E-state index contributed by atoms with van der Waals surface area (Å²) in [7, 11) is 3.23. The van der Waals surface area contributed by atoms with Crippen molar-refractivity contribution in [3.63, 3.8) is 0 Å². The number of anilines is 2. The Kier molecular flexibility index (Phi) is 3.89. The third kappa shape index (κ3) is 2.96. The number of hydrogen-bond donors (Lipinski definition) is 1. The van der Waals surface area contributed by atoms with Crippen molar-refractivity contribution < 1.29 is 8.78 Å². The van der Waals surface area contributed by atoms with E-state index >= 15 is 0 Å². The van der Waals surface area contributed by atoms with Gasteiger partial charge in [0.15, 0.2) is 23.3 Å². The molecule has 0 saturated carbocycles. The van der Waals surface area contributed by atoms with Crippen LogP contribution in [0.5, 0.6) is 0 Å². The van der Waals surface area contributed by atoms with Gasteiger partial charge in [0, 0.05) is 39.1 Å². The summed E-state index contributed by atoms with van der Waals surface area (Å²) in [5, 5.41) is 2.59. The van der Waals surface area contributed by atoms with E-state index in [0.717, 1.165) is 11.6 Å². The first-order valence-corrected chi connectivity index (χ1v) is 5.75. The molecule has 0 saturated heterocycles. The van der Waals surface area contributed by atoms with Crippen LogP contribution < -0.4 is 10.2 Å². The summed E-state index contributed by atoms with van der Waals surface area (Å²) in [6, 6.07) is 4.51. The highest BCUT2D eigenvalue weighted by Crippen LogP contribution is 2.22. The molecular formula is C13H14F2N4. The van der Waals surface area contributed by atoms with Crippen molar-refractivity contribution in [3.05, 3.63) is 47.8 Å². The number of rotatable bonds is 4. The predicted molar refractivity (Wildman–Crippen MR) is 70.0 cm³/mol. The average molecular weight is 264 g/mol. The van der Waals surface area contributed by atoms with E-state index < -0.39 is 11.6 Å². The molecule has 0 radical (unpaired) electrons. The molecule has 2 aromatic rings. The number of aromatic nitrogens is 2. The van der Waals surface area contributed by atoms with Gasteiger partial charge in [0.2, 0.25) is 0 Å². The summed E-state index contributed by atoms with van der Waals surface area (Å²) < 4.78 is 27.1. The summed E-state index contributed by atoms with van der Waals surface area (Å²) in [6.07, 6.45) is 3.36. The van der Waals surface area contributed by atoms with Crippen molar-refractivity contribution in [1.29, 1.82) is 0 Å². The van der Waals surface area contributed by atoms with Crippen LogP contribution in [0.15, 0.2) is 30.6 Å². The Balaban J connectivity index is 2.26. The Bertz CT molecular complexity index is 560. The van der Waals surface area contributed by atoms with Gasteiger partial charge in [-0.2, -0.15) is 0 Å². The molecule has 0 aliphatic carbocycles. The zero-order chi connectivity index (χ0) is 13.8. The van der Waals surface area contributed by atoms with E-state index in [1.165, 1.54) is 7.05 Å². The third-order valence-corrected chi connectivity index (χ3v) is 2.65. The summed E-state index contributed by atoms with van der Waals surface area (Å²) in [4.78, 5) is 9.52. The topological polar surface area (TPSA) is 41.1 Å². The quantitative estimate of drug-likeness (QED) is 0.920. The van der Waals surface area contributed by atoms with E-state index in [4.69, 9.17) is 0 Å². The fraction of sp³-hybridized carbons (Fsp3) is 0.231. The molecule has 2 rings (SSSR count). The Morgan fingerprint density at radius 2 is 2.11 bits per heavy atom. The number of nitrogens with zero attached hydrogens (tertiary/aromatic N) is 3. The number of halogens is 2. The van der Waals surface area contributed by atoms with Crippen LogP contribution in [0.2, 0.25) is 0 Å². The van der Waals surface area contributed by atoms with Crippen molar-refractivity contribution in [1.82, 2.24) is 9.97 Å². The monoisotopic (exact) mass is 264 g/mol. The third-order valence-electron chi connectivity index (χ3n) is 2.65. The second kappa shape index (κ2) is 5.60. The minimum Gasteiger partial charge on any atom is -0.371 e. The highest BCUT2D eigenvalue weighted by molar-refractivity contribution is 5.48. The zero-order valence-electron chi connectivity index (χ0n) is 10.7. The minimum atomic E-state index is -0.710. The maximum Gasteiger partial charge on any atom is 0.168 e. The molecule has 6 heteroatoms. The van der Waals surface area contributed by atoms with Gasteiger partial charge in [0.25, 0.3) is 0 Å². The molecule has 0 fully saturated rings. The highest BCUT2D eigenvalue weighted by Gasteiger charge is 2.14. The smallest absolute Gasteiger partial charge is 0.168 e. The molecule has 0 atom stereocenters. The average Bonchev–Trinajstić information content (AvgIpc) is 2.40. The largest absolute Gasteiger partial charge is 0.371 e. The van der Waals surface area contributed by atoms with Gasteiger partial charge in [-0.05, 0) is 11.6 Å². The molecule has 2 aromatic heterocycles. The molecular weight excluding hydrogens is 250 g/mol. The molecule has 1 N–H and O–H groups in total. The van der Waals surface area contributed by atoms with E-state index in [2.05, 4.69) is 15.3 Å². The summed E-state index contributed by atoms with van der Waals surface area (Å²) in [6.45, 7) is 0.437. The molecule has 0 aromatic carbocycles. The van der Waals surface area contributed by atoms with Crippen LogP contribution in [-0.2, 0) is 6.54 Å². The second-order valence-corrected chi connectivity index (χ2v) is 4.09. The van der Waals surface area contributed by atoms with Gasteiger partial charge in [0.1, 0.15) is 0 Å². The van der Waals surface area contributed by atoms with Gasteiger partial charge in [-0.25, -0.2) is 13.8 Å². The lowest BCUT2D eigenvalue weighted by Gasteiger charge is -2.19. The Morgan fingerprint density at radius 3 is 2.74 bits per heavy atom. The molecule has 2 heterocycles. The van der Waals surface area contributed by atoms with Crippen molar-refractivity contribution >= 4 is 11.6 Å². The number of nitrogens with one attached hydrogen (secondary N) is 1. The molecule has 100 valence electrons. The standard InChI is InChI=1S/C13H14F2N4/c1-16-12-10(14)6-11(15)13(18-12)19(2)8-9-4-3-5-17-7-9/h3-7H,8H2,1-2H3,(H,16,18). The summed E-state index contributed by atoms with van der Waals surface area (Å²) in [5.74, 6) is -1.29. The van der Waals surface area contributed by atoms with E-state index in [9.17, 15) is 8.78 Å². The van der Waals surface area contributed by atoms with Gasteiger partial charge >= 0.3 is 0 Å². The van der Waals surface area contributed by atoms with Crippen LogP contribution in [0.1, 0.15) is 5.56 Å². The molecule has 19 heavy (non-hydrogen) atoms. The maximum absolute atomic E-state index is 13.7. The highest BCUT2D eigenvalue weighted by atomic mass is 19.1. The molecule has 0 spiro atoms. The number of hydrogen-bond acceptors (Lipinski definition) is 4. The van der Waals surface area contributed by atoms with E-state index in [1.54, 1.807) is 30.4 Å². The van der Waals surface area contributed by atoms with Crippen molar-refractivity contribution in [2.24, 2.45) is 0 Å². The van der Waals surface area contributed by atoms with Gasteiger partial charge in [-0.1, -0.05) is 6.07 Å². The molecule has 4 nitrogen and oxygen atoms in total. The molecule has 0 unspecified atom stereocenters. The van der Waals surface area contributed by atoms with Gasteiger partial charge in [-0.15, -0.1) is 0 Å². The van der Waals surface area contributed by atoms with Crippen LogP contribution in [0.4, 0.5) is 20.4 Å². The Hall–Kier alpha value is -2.24. The maximum atomic E-state index is 13.7. The van der Waals surface area contributed by atoms with E-state index in [-0.39, 0.29) is 11.6 Å². The Morgan fingerprint density at radius 1 is 1.32 bits per heavy atom. The predicted octanol–water partition coefficient (Wildman–Crippen LogP) is 2.43. The minimum absolute atomic E-state index is 0.0226. The van der Waals surface area contributed by atoms with Crippen LogP contribution in [0.25, 0.3) is 0 Å². The Labute approximate surface area is 110 Å². The first-order valence-electron chi connectivity index (χ1n) is 5.75. The fourth-order valence-electron chi connectivity index (χ4n) is 1.74. The van der Waals surface area contributed by atoms with Gasteiger partial charge < -0.3 is 10.2 Å². The van der Waals surface area contributed by atoms with Crippen LogP contribution in [0.3, 0.4) is 0 Å². The lowest BCUT2D eigenvalue weighted by Crippen LogP contribution is -2.20. The lowest BCUT2D eigenvalue weighted by atomic mass is 10.2. The first-order chi connectivity index (χ1) is 9.11. The van der Waals surface area contributed by atoms with Crippen LogP contribution >= 0.6 is 0 Å². The van der Waals surface area contributed by atoms with Crippen molar-refractivity contribution in [3.8, 4) is 0 Å². The van der Waals surface area contributed by atoms with Crippen LogP contribution in [-0.4, -0.2) is 24.1 Å². The van der Waals surface area contributed by atoms with Crippen molar-refractivity contribution in [2.45, 2.75) is 6.54 Å². The fourth-order valence-corrected chi connectivity index (χ4v) is 1.74. The molecule has 0 bridgehead atoms. The number of pyridine rings is 2. The van der Waals surface area contributed by atoms with Gasteiger partial charge in [0.05, 0.1) is 0 Å². The zero-order valence-corrected chi connectivity index (χ0v) is 10.7. The molecule has 0 amide bonds. The normalized spacial score (nSPS) is 10.3. The summed E-state index contributed by atoms with van der Waals surface area (Å²) in [5.41, 5.74) is 0.918. The van der Waals surface area contributed by atoms with Crippen molar-refractivity contribution in [2.75, 3.05) is 24.3 Å². The second-order valence-electron chi connectivity index (χ2n) is 4.09.